The van der Waals surface area contributed by atoms with E-state index < -0.39 is 10.0 Å². The van der Waals surface area contributed by atoms with Gasteiger partial charge in [0.15, 0.2) is 0 Å². The zero-order valence-electron chi connectivity index (χ0n) is 16.6. The maximum Gasteiger partial charge on any atom is 0.243 e. The van der Waals surface area contributed by atoms with Gasteiger partial charge >= 0.3 is 0 Å². The Kier molecular flexibility index (Phi) is 5.75. The third kappa shape index (κ3) is 3.91. The summed E-state index contributed by atoms with van der Waals surface area (Å²) in [6, 6.07) is 6.16. The maximum absolute atomic E-state index is 12.7. The minimum atomic E-state index is -3.57. The molecule has 1 aromatic rings. The first-order chi connectivity index (χ1) is 14.4. The number of hydrogen-bond acceptors (Lipinski definition) is 5. The van der Waals surface area contributed by atoms with E-state index in [0.717, 1.165) is 12.8 Å². The van der Waals surface area contributed by atoms with Crippen LogP contribution in [0.4, 0.5) is 5.69 Å². The van der Waals surface area contributed by atoms with Crippen molar-refractivity contribution in [3.63, 3.8) is 0 Å². The molecule has 2 aliphatic heterocycles. The van der Waals surface area contributed by atoms with Crippen LogP contribution in [0.25, 0.3) is 0 Å². The van der Waals surface area contributed by atoms with E-state index in [1.165, 1.54) is 21.3 Å². The van der Waals surface area contributed by atoms with Gasteiger partial charge in [0.05, 0.1) is 16.7 Å². The van der Waals surface area contributed by atoms with Crippen molar-refractivity contribution in [2.75, 3.05) is 25.0 Å². The fourth-order valence-electron chi connectivity index (χ4n) is 4.34. The third-order valence-electron chi connectivity index (χ3n) is 5.98. The monoisotopic (exact) mass is 431 g/mol. The number of hydrogen-bond donors (Lipinski definition) is 1. The molecule has 160 valence electrons. The average molecular weight is 432 g/mol. The second-order valence-electron chi connectivity index (χ2n) is 7.92. The number of sulfonamides is 1. The standard InChI is InChI=1S/C21H25N3O5S/c25-19(10-13-24-20(26)17-8-1-2-9-18(17)21(24)27)22-15-6-5-7-16(14-15)30(28,29)23-11-3-4-12-23/h1-2,5-7,14,17-18H,3-4,8-13H2,(H,22,25)/t17-,18-/m0/s1. The number of rotatable bonds is 6. The number of carbonyl (C=O) groups is 3. The highest BCUT2D eigenvalue weighted by Gasteiger charge is 2.46. The molecule has 1 aromatic carbocycles. The Morgan fingerprint density at radius 3 is 2.30 bits per heavy atom. The molecule has 1 N–H and O–H groups in total. The first kappa shape index (κ1) is 20.7. The predicted octanol–water partition coefficient (Wildman–Crippen LogP) is 1.75. The van der Waals surface area contributed by atoms with Crippen LogP contribution in [-0.4, -0.2) is 55.0 Å². The average Bonchev–Trinajstić information content (AvgIpc) is 3.36. The van der Waals surface area contributed by atoms with Gasteiger partial charge in [0, 0.05) is 31.7 Å². The van der Waals surface area contributed by atoms with Crippen molar-refractivity contribution in [2.24, 2.45) is 11.8 Å². The van der Waals surface area contributed by atoms with Crippen LogP contribution in [0, 0.1) is 11.8 Å². The summed E-state index contributed by atoms with van der Waals surface area (Å²) in [5.74, 6) is -1.41. The van der Waals surface area contributed by atoms with Gasteiger partial charge in [-0.1, -0.05) is 18.2 Å². The topological polar surface area (TPSA) is 104 Å². The number of benzene rings is 1. The largest absolute Gasteiger partial charge is 0.326 e. The lowest BCUT2D eigenvalue weighted by molar-refractivity contribution is -0.140. The molecule has 0 unspecified atom stereocenters. The Morgan fingerprint density at radius 2 is 1.67 bits per heavy atom. The molecule has 2 fully saturated rings. The molecule has 3 aliphatic rings. The summed E-state index contributed by atoms with van der Waals surface area (Å²) in [5.41, 5.74) is 0.372. The highest BCUT2D eigenvalue weighted by atomic mass is 32.2. The van der Waals surface area contributed by atoms with Gasteiger partial charge in [-0.25, -0.2) is 8.42 Å². The Labute approximate surface area is 176 Å². The number of carbonyl (C=O) groups excluding carboxylic acids is 3. The number of imide groups is 1. The van der Waals surface area contributed by atoms with Crippen molar-refractivity contribution in [1.82, 2.24) is 9.21 Å². The highest BCUT2D eigenvalue weighted by molar-refractivity contribution is 7.89. The van der Waals surface area contributed by atoms with E-state index in [-0.39, 0.29) is 47.4 Å². The smallest absolute Gasteiger partial charge is 0.243 e. The molecule has 3 amide bonds. The van der Waals surface area contributed by atoms with E-state index in [0.29, 0.717) is 31.6 Å². The first-order valence-corrected chi connectivity index (χ1v) is 11.7. The number of nitrogens with zero attached hydrogens (tertiary/aromatic N) is 2. The van der Waals surface area contributed by atoms with Crippen LogP contribution in [0.3, 0.4) is 0 Å². The van der Waals surface area contributed by atoms with Gasteiger partial charge in [0.2, 0.25) is 27.7 Å². The molecule has 1 aliphatic carbocycles. The van der Waals surface area contributed by atoms with Crippen LogP contribution in [0.1, 0.15) is 32.1 Å². The summed E-state index contributed by atoms with van der Waals surface area (Å²) >= 11 is 0. The molecule has 2 heterocycles. The van der Waals surface area contributed by atoms with Crippen molar-refractivity contribution in [2.45, 2.75) is 37.0 Å². The summed E-state index contributed by atoms with van der Waals surface area (Å²) in [4.78, 5) is 38.7. The van der Waals surface area contributed by atoms with Crippen LogP contribution < -0.4 is 5.32 Å². The fourth-order valence-corrected chi connectivity index (χ4v) is 5.90. The molecule has 0 saturated carbocycles. The molecule has 0 radical (unpaired) electrons. The molecule has 0 aromatic heterocycles. The summed E-state index contributed by atoms with van der Waals surface area (Å²) < 4.78 is 26.8. The van der Waals surface area contributed by atoms with Crippen LogP contribution in [-0.2, 0) is 24.4 Å². The normalized spacial score (nSPS) is 24.3. The van der Waals surface area contributed by atoms with Gasteiger partial charge in [-0.15, -0.1) is 0 Å². The second-order valence-corrected chi connectivity index (χ2v) is 9.86. The molecular formula is C21H25N3O5S. The Morgan fingerprint density at radius 1 is 1.03 bits per heavy atom. The van der Waals surface area contributed by atoms with Gasteiger partial charge in [-0.05, 0) is 43.9 Å². The first-order valence-electron chi connectivity index (χ1n) is 10.3. The van der Waals surface area contributed by atoms with E-state index in [1.54, 1.807) is 12.1 Å². The highest BCUT2D eigenvalue weighted by Crippen LogP contribution is 2.35. The number of anilines is 1. The van der Waals surface area contributed by atoms with Gasteiger partial charge in [0.1, 0.15) is 0 Å². The minimum Gasteiger partial charge on any atom is -0.326 e. The summed E-state index contributed by atoms with van der Waals surface area (Å²) in [6.45, 7) is 1.05. The van der Waals surface area contributed by atoms with Crippen molar-refractivity contribution in [3.05, 3.63) is 36.4 Å². The lowest BCUT2D eigenvalue weighted by Crippen LogP contribution is -2.34. The van der Waals surface area contributed by atoms with Crippen molar-refractivity contribution >= 4 is 33.4 Å². The zero-order valence-corrected chi connectivity index (χ0v) is 17.4. The SMILES string of the molecule is O=C(CCN1C(=O)[C@H]2CC=CC[C@@H]2C1=O)Nc1cccc(S(=O)(=O)N2CCCC2)c1. The summed E-state index contributed by atoms with van der Waals surface area (Å²) in [5, 5.41) is 2.68. The molecule has 4 rings (SSSR count). The number of likely N-dealkylation sites (tertiary alicyclic amines) is 1. The third-order valence-corrected chi connectivity index (χ3v) is 7.88. The van der Waals surface area contributed by atoms with E-state index in [2.05, 4.69) is 5.32 Å². The van der Waals surface area contributed by atoms with E-state index in [9.17, 15) is 22.8 Å². The quantitative estimate of drug-likeness (QED) is 0.546. The van der Waals surface area contributed by atoms with Crippen LogP contribution in [0.2, 0.25) is 0 Å². The molecule has 0 spiro atoms. The molecule has 9 heteroatoms. The van der Waals surface area contributed by atoms with Gasteiger partial charge in [-0.2, -0.15) is 4.31 Å². The zero-order chi connectivity index (χ0) is 21.3. The van der Waals surface area contributed by atoms with Crippen molar-refractivity contribution in [3.8, 4) is 0 Å². The Hall–Kier alpha value is -2.52. The predicted molar refractivity (Wildman–Crippen MR) is 110 cm³/mol. The number of fused-ring (bicyclic) bond motifs is 1. The maximum atomic E-state index is 12.7. The summed E-state index contributed by atoms with van der Waals surface area (Å²) in [6.07, 6.45) is 6.64. The molecule has 0 bridgehead atoms. The molecular weight excluding hydrogens is 406 g/mol. The lowest BCUT2D eigenvalue weighted by atomic mass is 9.85. The molecule has 2 saturated heterocycles. The van der Waals surface area contributed by atoms with Gasteiger partial charge in [-0.3, -0.25) is 19.3 Å². The van der Waals surface area contributed by atoms with Gasteiger partial charge in [0.25, 0.3) is 0 Å². The summed E-state index contributed by atoms with van der Waals surface area (Å²) in [7, 11) is -3.57. The van der Waals surface area contributed by atoms with Crippen LogP contribution in [0.5, 0.6) is 0 Å². The molecule has 2 atom stereocenters. The lowest BCUT2D eigenvalue weighted by Gasteiger charge is -2.17. The van der Waals surface area contributed by atoms with Crippen LogP contribution in [0.15, 0.2) is 41.3 Å². The Bertz CT molecular complexity index is 972. The molecule has 8 nitrogen and oxygen atoms in total. The number of amides is 3. The van der Waals surface area contributed by atoms with E-state index in [4.69, 9.17) is 0 Å². The van der Waals surface area contributed by atoms with Gasteiger partial charge < -0.3 is 5.32 Å². The van der Waals surface area contributed by atoms with Crippen LogP contribution >= 0.6 is 0 Å². The van der Waals surface area contributed by atoms with E-state index >= 15 is 0 Å². The van der Waals surface area contributed by atoms with Crippen molar-refractivity contribution < 1.29 is 22.8 Å². The molecule has 30 heavy (non-hydrogen) atoms. The second kappa shape index (κ2) is 8.31. The fraction of sp³-hybridized carbons (Fsp3) is 0.476. The Balaban J connectivity index is 1.37. The van der Waals surface area contributed by atoms with Crippen molar-refractivity contribution in [1.29, 1.82) is 0 Å². The number of allylic oxidation sites excluding steroid dienone is 2. The minimum absolute atomic E-state index is 0.0300. The number of nitrogens with one attached hydrogen (secondary N) is 1. The van der Waals surface area contributed by atoms with E-state index in [1.807, 2.05) is 12.2 Å².